The molecule has 0 unspecified atom stereocenters. The first kappa shape index (κ1) is 55.6. The van der Waals surface area contributed by atoms with E-state index in [9.17, 15) is 0 Å². The monoisotopic (exact) mass is 897 g/mol. The maximum absolute atomic E-state index is 6.37. The summed E-state index contributed by atoms with van der Waals surface area (Å²) in [7, 11) is 0. The molecule has 0 bridgehead atoms. The molecule has 0 aliphatic carbocycles. The van der Waals surface area contributed by atoms with Crippen LogP contribution in [0.4, 0.5) is 11.4 Å². The molecule has 0 aliphatic heterocycles. The lowest BCUT2D eigenvalue weighted by molar-refractivity contribution is 0.258. The topological polar surface area (TPSA) is 61.0 Å². The van der Waals surface area contributed by atoms with E-state index in [1.807, 2.05) is 36.4 Å². The third kappa shape index (κ3) is 29.0. The van der Waals surface area contributed by atoms with Gasteiger partial charge in [0.25, 0.3) is 0 Å². The van der Waals surface area contributed by atoms with Gasteiger partial charge >= 0.3 is 0 Å². The quantitative estimate of drug-likeness (QED) is 0.0505. The molecule has 2 N–H and O–H groups in total. The summed E-state index contributed by atoms with van der Waals surface area (Å²) in [5.74, 6) is 3.07. The summed E-state index contributed by atoms with van der Waals surface area (Å²) in [5, 5.41) is 6.72. The van der Waals surface area contributed by atoms with Crippen LogP contribution in [-0.4, -0.2) is 36.4 Å². The summed E-state index contributed by atoms with van der Waals surface area (Å²) in [6.45, 7) is 11.8. The van der Waals surface area contributed by atoms with Crippen LogP contribution in [0.1, 0.15) is 233 Å². The van der Waals surface area contributed by atoms with E-state index < -0.39 is 0 Å². The van der Waals surface area contributed by atoms with Gasteiger partial charge in [-0.15, -0.1) is 0 Å². The number of hydrogen-bond donors (Lipinski definition) is 2. The zero-order chi connectivity index (χ0) is 44.6. The Hall–Kier alpha value is -2.58. The van der Waals surface area contributed by atoms with E-state index in [1.165, 1.54) is 180 Å². The summed E-state index contributed by atoms with van der Waals surface area (Å²) in [6.07, 6.45) is 40.5. The van der Waals surface area contributed by atoms with Crippen molar-refractivity contribution in [3.63, 3.8) is 0 Å². The fourth-order valence-electron chi connectivity index (χ4n) is 7.68. The van der Waals surface area contributed by atoms with Crippen molar-refractivity contribution in [3.05, 3.63) is 36.4 Å². The number of nitrogens with one attached hydrogen (secondary N) is 2. The van der Waals surface area contributed by atoms with E-state index >= 15 is 0 Å². The highest BCUT2D eigenvalue weighted by molar-refractivity contribution is 7.89. The summed E-state index contributed by atoms with van der Waals surface area (Å²) >= 11 is 11.7. The van der Waals surface area contributed by atoms with Crippen molar-refractivity contribution >= 4 is 45.8 Å². The molecule has 2 aromatic rings. The molecular formula is C54H92N2O4S2. The molecule has 2 aromatic carbocycles. The molecule has 0 heterocycles. The average molecular weight is 897 g/mol. The van der Waals surface area contributed by atoms with Gasteiger partial charge in [-0.1, -0.05) is 232 Å². The lowest BCUT2D eigenvalue weighted by Crippen LogP contribution is -2.25. The van der Waals surface area contributed by atoms with Gasteiger partial charge in [0.1, 0.15) is 9.98 Å². The Labute approximate surface area is 392 Å². The Morgan fingerprint density at radius 1 is 0.323 bits per heavy atom. The van der Waals surface area contributed by atoms with Crippen LogP contribution in [0.2, 0.25) is 0 Å². The maximum atomic E-state index is 6.37. The number of benzene rings is 2. The predicted molar refractivity (Wildman–Crippen MR) is 278 cm³/mol. The molecule has 0 fully saturated rings. The third-order valence-corrected chi connectivity index (χ3v) is 12.4. The summed E-state index contributed by atoms with van der Waals surface area (Å²) in [6, 6.07) is 12.0. The van der Waals surface area contributed by atoms with Gasteiger partial charge in [0.05, 0.1) is 26.4 Å². The first-order valence-corrected chi connectivity index (χ1v) is 26.8. The smallest absolute Gasteiger partial charge is 0.163 e. The van der Waals surface area contributed by atoms with E-state index in [4.69, 9.17) is 43.4 Å². The summed E-state index contributed by atoms with van der Waals surface area (Å²) in [4.78, 5) is 0.885. The molecule has 0 saturated heterocycles. The van der Waals surface area contributed by atoms with Crippen LogP contribution in [0.25, 0.3) is 0 Å². The largest absolute Gasteiger partial charge is 0.490 e. The molecular weight excluding hydrogens is 805 g/mol. The number of rotatable bonds is 42. The highest BCUT2D eigenvalue weighted by Crippen LogP contribution is 2.33. The maximum Gasteiger partial charge on any atom is 0.163 e. The molecule has 6 nitrogen and oxygen atoms in total. The molecule has 0 aliphatic rings. The normalized spacial score (nSPS) is 11.1. The van der Waals surface area contributed by atoms with E-state index in [1.54, 1.807) is 0 Å². The van der Waals surface area contributed by atoms with Gasteiger partial charge in [0.2, 0.25) is 0 Å². The Balaban J connectivity index is 2.00. The first-order valence-electron chi connectivity index (χ1n) is 25.9. The Kier molecular flexibility index (Phi) is 35.8. The molecule has 0 aromatic heterocycles. The zero-order valence-corrected chi connectivity index (χ0v) is 42.0. The molecule has 0 amide bonds. The number of unbranched alkanes of at least 4 members (excludes halogenated alkanes) is 28. The molecule has 354 valence electrons. The van der Waals surface area contributed by atoms with Gasteiger partial charge in [-0.25, -0.2) is 0 Å². The fourth-order valence-corrected chi connectivity index (χ4v) is 8.02. The van der Waals surface area contributed by atoms with Gasteiger partial charge in [0, 0.05) is 23.5 Å². The van der Waals surface area contributed by atoms with Crippen molar-refractivity contribution in [2.24, 2.45) is 0 Å². The standard InChI is InChI=1S/C54H92N2O4S2/c1-5-9-13-17-21-25-29-33-41-57-49-39-37-47(45-51(49)59-43-35-31-27-23-19-15-11-7-3)55-53(61)54(62)56-48-38-40-50(58-42-34-30-26-22-18-14-10-6-2)52(46-48)60-44-36-32-28-24-20-16-12-8-4/h37-40,45-46H,5-36,41-44H2,1-4H3,(H,55,61)(H,56,62). The lowest BCUT2D eigenvalue weighted by atomic mass is 10.1. The van der Waals surface area contributed by atoms with Crippen molar-refractivity contribution < 1.29 is 18.9 Å². The van der Waals surface area contributed by atoms with Crippen molar-refractivity contribution in [2.45, 2.75) is 233 Å². The molecule has 2 rings (SSSR count). The van der Waals surface area contributed by atoms with Crippen LogP contribution in [0.5, 0.6) is 23.0 Å². The van der Waals surface area contributed by atoms with Crippen LogP contribution >= 0.6 is 24.4 Å². The van der Waals surface area contributed by atoms with E-state index in [2.05, 4.69) is 38.3 Å². The van der Waals surface area contributed by atoms with E-state index in [0.717, 1.165) is 60.1 Å². The van der Waals surface area contributed by atoms with Gasteiger partial charge in [-0.3, -0.25) is 0 Å². The summed E-state index contributed by atoms with van der Waals surface area (Å²) < 4.78 is 25.3. The molecule has 0 spiro atoms. The highest BCUT2D eigenvalue weighted by Gasteiger charge is 2.13. The van der Waals surface area contributed by atoms with Crippen LogP contribution in [0.3, 0.4) is 0 Å². The van der Waals surface area contributed by atoms with Crippen LogP contribution in [-0.2, 0) is 0 Å². The van der Waals surface area contributed by atoms with Crippen LogP contribution in [0, 0.1) is 0 Å². The number of hydrogen-bond acceptors (Lipinski definition) is 6. The molecule has 62 heavy (non-hydrogen) atoms. The van der Waals surface area contributed by atoms with Crippen molar-refractivity contribution in [1.82, 2.24) is 0 Å². The van der Waals surface area contributed by atoms with Gasteiger partial charge in [-0.2, -0.15) is 0 Å². The highest BCUT2D eigenvalue weighted by atomic mass is 32.1. The molecule has 0 atom stereocenters. The molecule has 8 heteroatoms. The minimum absolute atomic E-state index is 0.443. The lowest BCUT2D eigenvalue weighted by Gasteiger charge is -2.17. The van der Waals surface area contributed by atoms with Gasteiger partial charge in [-0.05, 0) is 49.9 Å². The molecule has 0 radical (unpaired) electrons. The zero-order valence-electron chi connectivity index (χ0n) is 40.4. The van der Waals surface area contributed by atoms with Crippen molar-refractivity contribution in [3.8, 4) is 23.0 Å². The predicted octanol–water partition coefficient (Wildman–Crippen LogP) is 17.9. The second-order valence-corrected chi connectivity index (χ2v) is 18.3. The van der Waals surface area contributed by atoms with E-state index in [0.29, 0.717) is 36.4 Å². The number of ether oxygens (including phenoxy) is 4. The minimum Gasteiger partial charge on any atom is -0.490 e. The minimum atomic E-state index is 0.443. The number of anilines is 2. The van der Waals surface area contributed by atoms with Gasteiger partial charge in [0.15, 0.2) is 23.0 Å². The fraction of sp³-hybridized carbons (Fsp3) is 0.741. The average Bonchev–Trinajstić information content (AvgIpc) is 3.27. The second kappa shape index (κ2) is 40.0. The third-order valence-electron chi connectivity index (χ3n) is 11.6. The second-order valence-electron chi connectivity index (χ2n) is 17.5. The van der Waals surface area contributed by atoms with Crippen molar-refractivity contribution in [2.75, 3.05) is 37.1 Å². The Morgan fingerprint density at radius 3 is 0.806 bits per heavy atom. The Morgan fingerprint density at radius 2 is 0.548 bits per heavy atom. The summed E-state index contributed by atoms with van der Waals surface area (Å²) in [5.41, 5.74) is 1.65. The first-order chi connectivity index (χ1) is 30.5. The SMILES string of the molecule is CCCCCCCCCCOc1ccc(NC(=S)C(=S)Nc2ccc(OCCCCCCCCCC)c(OCCCCCCCCCC)c2)cc1OCCCCCCCCCC. The Bertz CT molecular complexity index is 1280. The van der Waals surface area contributed by atoms with Crippen LogP contribution in [0.15, 0.2) is 36.4 Å². The number of thiocarbonyl (C=S) groups is 2. The van der Waals surface area contributed by atoms with Crippen molar-refractivity contribution in [1.29, 1.82) is 0 Å². The van der Waals surface area contributed by atoms with Crippen LogP contribution < -0.4 is 29.6 Å². The van der Waals surface area contributed by atoms with E-state index in [-0.39, 0.29) is 0 Å². The van der Waals surface area contributed by atoms with Gasteiger partial charge < -0.3 is 29.6 Å². The molecule has 0 saturated carbocycles.